The Labute approximate surface area is 85.7 Å². The van der Waals surface area contributed by atoms with Crippen LogP contribution < -0.4 is 10.6 Å². The lowest BCUT2D eigenvalue weighted by Crippen LogP contribution is -2.50. The highest BCUT2D eigenvalue weighted by molar-refractivity contribution is 5.75. The van der Waals surface area contributed by atoms with E-state index in [9.17, 15) is 4.79 Å². The van der Waals surface area contributed by atoms with Gasteiger partial charge in [0.05, 0.1) is 6.07 Å². The van der Waals surface area contributed by atoms with Crippen LogP contribution in [0.1, 0.15) is 40.0 Å². The predicted molar refractivity (Wildman–Crippen MR) is 55.8 cm³/mol. The number of nitrogens with zero attached hydrogens (tertiary/aromatic N) is 1. The highest BCUT2D eigenvalue weighted by Gasteiger charge is 2.27. The number of hydrogen-bond acceptors (Lipinski definition) is 2. The van der Waals surface area contributed by atoms with E-state index in [0.717, 1.165) is 6.42 Å². The number of nitrogens with one attached hydrogen (secondary N) is 2. The summed E-state index contributed by atoms with van der Waals surface area (Å²) in [6, 6.07) is 1.90. The van der Waals surface area contributed by atoms with Gasteiger partial charge in [-0.1, -0.05) is 20.8 Å². The van der Waals surface area contributed by atoms with Crippen LogP contribution in [0.15, 0.2) is 0 Å². The number of carbonyl (C=O) groups is 1. The van der Waals surface area contributed by atoms with E-state index in [1.54, 1.807) is 0 Å². The largest absolute Gasteiger partial charge is 0.338 e. The van der Waals surface area contributed by atoms with Crippen molar-refractivity contribution in [1.29, 1.82) is 5.26 Å². The molecule has 0 aliphatic carbocycles. The summed E-state index contributed by atoms with van der Waals surface area (Å²) < 4.78 is 0. The van der Waals surface area contributed by atoms with E-state index in [-0.39, 0.29) is 6.03 Å². The summed E-state index contributed by atoms with van der Waals surface area (Å²) in [5, 5.41) is 14.4. The molecule has 0 aliphatic heterocycles. The van der Waals surface area contributed by atoms with Crippen LogP contribution in [-0.2, 0) is 0 Å². The molecule has 2 amide bonds. The average molecular weight is 197 g/mol. The molecule has 4 nitrogen and oxygen atoms in total. The lowest BCUT2D eigenvalue weighted by atomic mass is 9.95. The molecule has 0 aromatic heterocycles. The summed E-state index contributed by atoms with van der Waals surface area (Å²) in [7, 11) is 0. The van der Waals surface area contributed by atoms with Gasteiger partial charge in [-0.2, -0.15) is 5.26 Å². The Bertz CT molecular complexity index is 216. The first-order valence-electron chi connectivity index (χ1n) is 5.11. The quantitative estimate of drug-likeness (QED) is 0.705. The first-order valence-corrected chi connectivity index (χ1v) is 5.11. The molecule has 0 fully saturated rings. The number of carbonyl (C=O) groups excluding carboxylic acids is 1. The molecule has 0 rings (SSSR count). The molecule has 0 unspecified atom stereocenters. The van der Waals surface area contributed by atoms with Crippen molar-refractivity contribution in [3.05, 3.63) is 0 Å². The van der Waals surface area contributed by atoms with Gasteiger partial charge in [-0.15, -0.1) is 0 Å². The maximum absolute atomic E-state index is 11.3. The highest BCUT2D eigenvalue weighted by atomic mass is 16.2. The van der Waals surface area contributed by atoms with Crippen molar-refractivity contribution in [1.82, 2.24) is 10.6 Å². The van der Waals surface area contributed by atoms with Crippen molar-refractivity contribution in [2.24, 2.45) is 0 Å². The molecule has 0 radical (unpaired) electrons. The average Bonchev–Trinajstić information content (AvgIpc) is 2.23. The van der Waals surface area contributed by atoms with Crippen LogP contribution in [-0.4, -0.2) is 18.1 Å². The van der Waals surface area contributed by atoms with Crippen LogP contribution in [0.25, 0.3) is 0 Å². The molecule has 0 heterocycles. The molecule has 0 saturated heterocycles. The van der Waals surface area contributed by atoms with Crippen LogP contribution in [0, 0.1) is 11.3 Å². The summed E-state index contributed by atoms with van der Waals surface area (Å²) >= 11 is 0. The van der Waals surface area contributed by atoms with E-state index in [1.807, 2.05) is 20.8 Å². The third-order valence-corrected chi connectivity index (χ3v) is 2.31. The second-order valence-corrected chi connectivity index (χ2v) is 3.28. The van der Waals surface area contributed by atoms with E-state index in [2.05, 4.69) is 16.7 Å². The summed E-state index contributed by atoms with van der Waals surface area (Å²) in [4.78, 5) is 11.3. The van der Waals surface area contributed by atoms with E-state index in [4.69, 9.17) is 5.26 Å². The van der Waals surface area contributed by atoms with Crippen molar-refractivity contribution < 1.29 is 4.79 Å². The zero-order chi connectivity index (χ0) is 11.0. The minimum atomic E-state index is -0.710. The minimum Gasteiger partial charge on any atom is -0.338 e. The van der Waals surface area contributed by atoms with Gasteiger partial charge < -0.3 is 10.6 Å². The fourth-order valence-electron chi connectivity index (χ4n) is 1.11. The van der Waals surface area contributed by atoms with Crippen molar-refractivity contribution >= 4 is 6.03 Å². The van der Waals surface area contributed by atoms with Gasteiger partial charge in [0.25, 0.3) is 0 Å². The Hall–Kier alpha value is -1.24. The molecular weight excluding hydrogens is 178 g/mol. The molecule has 0 spiro atoms. The smallest absolute Gasteiger partial charge is 0.316 e. The number of hydrogen-bond donors (Lipinski definition) is 2. The Morgan fingerprint density at radius 3 is 2.29 bits per heavy atom. The summed E-state index contributed by atoms with van der Waals surface area (Å²) in [5.41, 5.74) is -0.710. The van der Waals surface area contributed by atoms with Crippen LogP contribution in [0.4, 0.5) is 4.79 Å². The fourth-order valence-corrected chi connectivity index (χ4v) is 1.11. The van der Waals surface area contributed by atoms with Crippen molar-refractivity contribution in [2.75, 3.05) is 6.54 Å². The molecule has 0 bridgehead atoms. The Kier molecular flexibility index (Phi) is 5.70. The molecule has 0 aliphatic rings. The second-order valence-electron chi connectivity index (χ2n) is 3.28. The zero-order valence-electron chi connectivity index (χ0n) is 9.18. The van der Waals surface area contributed by atoms with Crippen LogP contribution in [0.2, 0.25) is 0 Å². The Morgan fingerprint density at radius 1 is 1.36 bits per heavy atom. The maximum Gasteiger partial charge on any atom is 0.316 e. The lowest BCUT2D eigenvalue weighted by molar-refractivity contribution is 0.230. The predicted octanol–water partition coefficient (Wildman–Crippen LogP) is 1.78. The van der Waals surface area contributed by atoms with Crippen molar-refractivity contribution in [3.8, 4) is 6.07 Å². The summed E-state index contributed by atoms with van der Waals surface area (Å²) in [6.07, 6.45) is 2.14. The van der Waals surface area contributed by atoms with Gasteiger partial charge in [-0.25, -0.2) is 4.79 Å². The topological polar surface area (TPSA) is 64.9 Å². The van der Waals surface area contributed by atoms with Crippen molar-refractivity contribution in [2.45, 2.75) is 45.6 Å². The molecule has 2 N–H and O–H groups in total. The first-order chi connectivity index (χ1) is 6.64. The number of amides is 2. The van der Waals surface area contributed by atoms with E-state index < -0.39 is 5.54 Å². The van der Waals surface area contributed by atoms with Crippen LogP contribution >= 0.6 is 0 Å². The third-order valence-electron chi connectivity index (χ3n) is 2.31. The van der Waals surface area contributed by atoms with Gasteiger partial charge in [0.15, 0.2) is 0 Å². The summed E-state index contributed by atoms with van der Waals surface area (Å²) in [6.45, 7) is 6.41. The third kappa shape index (κ3) is 3.65. The highest BCUT2D eigenvalue weighted by Crippen LogP contribution is 2.12. The van der Waals surface area contributed by atoms with Crippen LogP contribution in [0.3, 0.4) is 0 Å². The standard InChI is InChI=1S/C10H19N3O/c1-4-7-12-9(14)13-10(5-2,6-3)8-11/h4-7H2,1-3H3,(H2,12,13,14). The zero-order valence-corrected chi connectivity index (χ0v) is 9.18. The van der Waals surface area contributed by atoms with Gasteiger partial charge >= 0.3 is 6.03 Å². The van der Waals surface area contributed by atoms with Gasteiger partial charge in [-0.05, 0) is 19.3 Å². The molecule has 4 heteroatoms. The molecule has 0 aromatic rings. The fraction of sp³-hybridized carbons (Fsp3) is 0.800. The molecule has 0 aromatic carbocycles. The molecule has 14 heavy (non-hydrogen) atoms. The molecule has 0 atom stereocenters. The minimum absolute atomic E-state index is 0.253. The molecule has 80 valence electrons. The second kappa shape index (κ2) is 6.25. The van der Waals surface area contributed by atoms with Gasteiger partial charge in [0, 0.05) is 6.54 Å². The van der Waals surface area contributed by atoms with E-state index >= 15 is 0 Å². The van der Waals surface area contributed by atoms with Gasteiger partial charge in [0.2, 0.25) is 0 Å². The van der Waals surface area contributed by atoms with Crippen molar-refractivity contribution in [3.63, 3.8) is 0 Å². The number of rotatable bonds is 5. The maximum atomic E-state index is 11.3. The normalized spacial score (nSPS) is 10.4. The Morgan fingerprint density at radius 2 is 1.93 bits per heavy atom. The number of urea groups is 1. The van der Waals surface area contributed by atoms with Gasteiger partial charge in [0.1, 0.15) is 5.54 Å². The SMILES string of the molecule is CCCNC(=O)NC(C#N)(CC)CC. The first kappa shape index (κ1) is 12.8. The molecule has 0 saturated carbocycles. The van der Waals surface area contributed by atoms with Gasteiger partial charge in [-0.3, -0.25) is 0 Å². The Balaban J connectivity index is 4.18. The summed E-state index contributed by atoms with van der Waals surface area (Å²) in [5.74, 6) is 0. The molecular formula is C10H19N3O. The lowest BCUT2D eigenvalue weighted by Gasteiger charge is -2.24. The monoisotopic (exact) mass is 197 g/mol. The van der Waals surface area contributed by atoms with E-state index in [1.165, 1.54) is 0 Å². The van der Waals surface area contributed by atoms with Crippen LogP contribution in [0.5, 0.6) is 0 Å². The number of nitriles is 1. The van der Waals surface area contributed by atoms with E-state index in [0.29, 0.717) is 19.4 Å².